The van der Waals surface area contributed by atoms with E-state index in [9.17, 15) is 19.6 Å². The van der Waals surface area contributed by atoms with E-state index >= 15 is 0 Å². The van der Waals surface area contributed by atoms with Crippen LogP contribution in [0, 0.1) is 29.0 Å². The molecule has 2 aliphatic rings. The number of fused-ring (bicyclic) bond motifs is 2. The number of carbonyl (C=O) groups excluding carboxylic acids is 1. The number of hydrogen-bond donors (Lipinski definition) is 3. The summed E-state index contributed by atoms with van der Waals surface area (Å²) in [5.74, 6) is 0.621. The zero-order valence-corrected chi connectivity index (χ0v) is 21.5. The van der Waals surface area contributed by atoms with E-state index in [1.807, 2.05) is 6.08 Å². The van der Waals surface area contributed by atoms with E-state index in [4.69, 9.17) is 16.3 Å². The van der Waals surface area contributed by atoms with Gasteiger partial charge in [-0.1, -0.05) is 17.7 Å². The number of halogens is 2. The van der Waals surface area contributed by atoms with E-state index in [1.165, 1.54) is 37.6 Å². The van der Waals surface area contributed by atoms with Gasteiger partial charge < -0.3 is 20.5 Å². The molecule has 2 fully saturated rings. The first-order chi connectivity index (χ1) is 18.3. The first-order valence-electron chi connectivity index (χ1n) is 12.4. The fourth-order valence-corrected chi connectivity index (χ4v) is 5.60. The number of nitrogens with zero attached hydrogens (tertiary/aromatic N) is 3. The van der Waals surface area contributed by atoms with Crippen LogP contribution in [0.1, 0.15) is 18.4 Å². The summed E-state index contributed by atoms with van der Waals surface area (Å²) in [7, 11) is 1.50. The van der Waals surface area contributed by atoms with Crippen molar-refractivity contribution in [3.63, 3.8) is 0 Å². The Morgan fingerprint density at radius 3 is 2.76 bits per heavy atom. The first-order valence-corrected chi connectivity index (χ1v) is 12.7. The summed E-state index contributed by atoms with van der Waals surface area (Å²) in [4.78, 5) is 19.4. The number of aromatic nitrogens is 1. The molecule has 2 heterocycles. The number of pyridine rings is 1. The maximum atomic E-state index is 13.6. The Morgan fingerprint density at radius 1 is 1.32 bits per heavy atom. The van der Waals surface area contributed by atoms with Gasteiger partial charge in [0.15, 0.2) is 0 Å². The van der Waals surface area contributed by atoms with Crippen LogP contribution in [0.2, 0.25) is 5.02 Å². The van der Waals surface area contributed by atoms with Crippen molar-refractivity contribution < 1.29 is 19.0 Å². The largest absolute Gasteiger partial charge is 0.494 e. The summed E-state index contributed by atoms with van der Waals surface area (Å²) in [6.07, 6.45) is 6.32. The molecule has 1 aromatic heterocycles. The SMILES string of the molecule is COc1cc2ncc(C#N)c(Nc3ccc(F)c(Cl)c3)c2cc1NC(=O)/C=C/CN1CC2CC(O)C[C@@H]2C1. The lowest BCUT2D eigenvalue weighted by Crippen LogP contribution is -2.23. The fraction of sp³-hybridized carbons (Fsp3) is 0.321. The van der Waals surface area contributed by atoms with Gasteiger partial charge in [0.25, 0.3) is 0 Å². The van der Waals surface area contributed by atoms with Crippen molar-refractivity contribution >= 4 is 45.5 Å². The van der Waals surface area contributed by atoms with Gasteiger partial charge in [-0.15, -0.1) is 0 Å². The number of carbonyl (C=O) groups is 1. The van der Waals surface area contributed by atoms with Crippen LogP contribution in [0.5, 0.6) is 5.75 Å². The van der Waals surface area contributed by atoms with Crippen LogP contribution in [0.15, 0.2) is 48.7 Å². The predicted octanol–water partition coefficient (Wildman–Crippen LogP) is 4.85. The molecule has 3 aromatic rings. The highest BCUT2D eigenvalue weighted by atomic mass is 35.5. The highest BCUT2D eigenvalue weighted by Gasteiger charge is 2.39. The number of nitrogens with one attached hydrogen (secondary N) is 2. The topological polar surface area (TPSA) is 111 Å². The van der Waals surface area contributed by atoms with Crippen molar-refractivity contribution in [1.82, 2.24) is 9.88 Å². The monoisotopic (exact) mass is 535 g/mol. The minimum atomic E-state index is -0.550. The number of likely N-dealkylation sites (tertiary alicyclic amines) is 1. The molecular weight excluding hydrogens is 509 g/mol. The van der Waals surface area contributed by atoms with Crippen molar-refractivity contribution in [2.75, 3.05) is 37.4 Å². The zero-order chi connectivity index (χ0) is 26.8. The van der Waals surface area contributed by atoms with Gasteiger partial charge in [0.1, 0.15) is 17.6 Å². The van der Waals surface area contributed by atoms with E-state index in [2.05, 4.69) is 26.6 Å². The Hall–Kier alpha value is -3.71. The molecule has 38 heavy (non-hydrogen) atoms. The Bertz CT molecular complexity index is 1440. The number of aliphatic hydroxyl groups is 1. The number of anilines is 3. The van der Waals surface area contributed by atoms with Crippen LogP contribution in [0.4, 0.5) is 21.5 Å². The van der Waals surface area contributed by atoms with E-state index in [0.29, 0.717) is 52.1 Å². The molecule has 2 unspecified atom stereocenters. The van der Waals surface area contributed by atoms with Gasteiger partial charge in [-0.05, 0) is 48.9 Å². The molecule has 3 N–H and O–H groups in total. The number of methoxy groups -OCH3 is 1. The lowest BCUT2D eigenvalue weighted by molar-refractivity contribution is -0.111. The number of rotatable bonds is 7. The normalized spacial score (nSPS) is 21.0. The molecule has 1 saturated heterocycles. The second-order valence-electron chi connectivity index (χ2n) is 9.74. The molecule has 10 heteroatoms. The van der Waals surface area contributed by atoms with Crippen molar-refractivity contribution in [1.29, 1.82) is 5.26 Å². The van der Waals surface area contributed by atoms with Crippen molar-refractivity contribution in [2.24, 2.45) is 11.8 Å². The smallest absolute Gasteiger partial charge is 0.248 e. The number of aliphatic hydroxyl groups excluding tert-OH is 1. The summed E-state index contributed by atoms with van der Waals surface area (Å²) in [5.41, 5.74) is 2.15. The van der Waals surface area contributed by atoms with Crippen molar-refractivity contribution in [3.05, 3.63) is 65.1 Å². The third-order valence-corrected chi connectivity index (χ3v) is 7.48. The third kappa shape index (κ3) is 5.43. The summed E-state index contributed by atoms with van der Waals surface area (Å²) < 4.78 is 19.1. The van der Waals surface area contributed by atoms with E-state index in [-0.39, 0.29) is 22.6 Å². The number of benzene rings is 2. The molecule has 1 aliphatic heterocycles. The molecule has 3 atom stereocenters. The zero-order valence-electron chi connectivity index (χ0n) is 20.7. The average Bonchev–Trinajstić information content (AvgIpc) is 3.43. The molecule has 196 valence electrons. The van der Waals surface area contributed by atoms with Gasteiger partial charge in [-0.3, -0.25) is 14.7 Å². The molecule has 1 aliphatic carbocycles. The molecule has 0 spiro atoms. The minimum absolute atomic E-state index is 0.0528. The number of amides is 1. The summed E-state index contributed by atoms with van der Waals surface area (Å²) in [6, 6.07) is 9.66. The summed E-state index contributed by atoms with van der Waals surface area (Å²) >= 11 is 5.93. The van der Waals surface area contributed by atoms with Gasteiger partial charge in [0.2, 0.25) is 5.91 Å². The van der Waals surface area contributed by atoms with Crippen molar-refractivity contribution in [2.45, 2.75) is 18.9 Å². The fourth-order valence-electron chi connectivity index (χ4n) is 5.42. The third-order valence-electron chi connectivity index (χ3n) is 7.19. The predicted molar refractivity (Wildman–Crippen MR) is 144 cm³/mol. The molecule has 1 amide bonds. The van der Waals surface area contributed by atoms with Gasteiger partial charge >= 0.3 is 0 Å². The summed E-state index contributed by atoms with van der Waals surface area (Å²) in [5, 5.41) is 26.0. The van der Waals surface area contributed by atoms with Gasteiger partial charge in [-0.25, -0.2) is 4.39 Å². The van der Waals surface area contributed by atoms with E-state index < -0.39 is 5.82 Å². The number of hydrogen-bond acceptors (Lipinski definition) is 7. The Kier molecular flexibility index (Phi) is 7.47. The van der Waals surface area contributed by atoms with Crippen LogP contribution < -0.4 is 15.4 Å². The first kappa shape index (κ1) is 25.9. The van der Waals surface area contributed by atoms with E-state index in [1.54, 1.807) is 12.1 Å². The quantitative estimate of drug-likeness (QED) is 0.371. The molecular formula is C28H27ClFN5O3. The number of nitriles is 1. The Labute approximate surface area is 224 Å². The maximum absolute atomic E-state index is 13.6. The second-order valence-corrected chi connectivity index (χ2v) is 10.1. The highest BCUT2D eigenvalue weighted by Crippen LogP contribution is 2.38. The Balaban J connectivity index is 1.35. The lowest BCUT2D eigenvalue weighted by Gasteiger charge is -2.16. The van der Waals surface area contributed by atoms with Crippen LogP contribution in [-0.2, 0) is 4.79 Å². The van der Waals surface area contributed by atoms with Crippen LogP contribution in [0.25, 0.3) is 10.9 Å². The standard InChI is InChI=1S/C28H27ClFN5O3/c1-38-26-11-24-21(28(18(12-31)13-32-24)33-19-4-5-23(30)22(29)9-19)10-25(26)34-27(37)3-2-6-35-14-16-7-20(36)8-17(16)15-35/h2-5,9-11,13,16-17,20,36H,6-8,14-15H2,1H3,(H,32,33)(H,34,37)/b3-2+/t16-,17?,20?/m1/s1. The Morgan fingerprint density at radius 2 is 2.08 bits per heavy atom. The number of ether oxygens (including phenoxy) is 1. The molecule has 0 radical (unpaired) electrons. The van der Waals surface area contributed by atoms with Crippen LogP contribution in [0.3, 0.4) is 0 Å². The second kappa shape index (κ2) is 11.0. The van der Waals surface area contributed by atoms with Gasteiger partial charge in [-0.2, -0.15) is 5.26 Å². The molecule has 1 saturated carbocycles. The maximum Gasteiger partial charge on any atom is 0.248 e. The molecule has 2 aromatic carbocycles. The minimum Gasteiger partial charge on any atom is -0.494 e. The summed E-state index contributed by atoms with van der Waals surface area (Å²) in [6.45, 7) is 2.54. The lowest BCUT2D eigenvalue weighted by atomic mass is 10.0. The highest BCUT2D eigenvalue weighted by molar-refractivity contribution is 6.31. The average molecular weight is 536 g/mol. The van der Waals surface area contributed by atoms with Crippen molar-refractivity contribution in [3.8, 4) is 11.8 Å². The van der Waals surface area contributed by atoms with Crippen LogP contribution in [-0.4, -0.2) is 53.7 Å². The molecule has 5 rings (SSSR count). The van der Waals surface area contributed by atoms with E-state index in [0.717, 1.165) is 25.9 Å². The van der Waals surface area contributed by atoms with Gasteiger partial charge in [0, 0.05) is 49.0 Å². The molecule has 8 nitrogen and oxygen atoms in total. The van der Waals surface area contributed by atoms with Gasteiger partial charge in [0.05, 0.1) is 40.7 Å². The molecule has 0 bridgehead atoms. The van der Waals surface area contributed by atoms with Crippen LogP contribution >= 0.6 is 11.6 Å².